The second-order valence-electron chi connectivity index (χ2n) is 5.20. The van der Waals surface area contributed by atoms with Crippen LogP contribution in [0.25, 0.3) is 0 Å². The van der Waals surface area contributed by atoms with E-state index < -0.39 is 5.97 Å². The molecule has 0 radical (unpaired) electrons. The van der Waals surface area contributed by atoms with E-state index in [1.807, 2.05) is 0 Å². The number of benzene rings is 1. The van der Waals surface area contributed by atoms with E-state index in [2.05, 4.69) is 5.32 Å². The number of ketones is 1. The summed E-state index contributed by atoms with van der Waals surface area (Å²) in [6.45, 7) is 4.93. The third-order valence-electron chi connectivity index (χ3n) is 3.31. The molecular formula is C15H17NO4. The van der Waals surface area contributed by atoms with Crippen LogP contribution in [-0.2, 0) is 14.3 Å². The van der Waals surface area contributed by atoms with E-state index in [0.29, 0.717) is 5.56 Å². The molecule has 0 spiro atoms. The van der Waals surface area contributed by atoms with E-state index >= 15 is 0 Å². The number of nitrogens with one attached hydrogen (secondary N) is 1. The zero-order chi connectivity index (χ0) is 14.9. The number of fused-ring (bicyclic) bond motifs is 1. The van der Waals surface area contributed by atoms with Crippen LogP contribution in [0.3, 0.4) is 0 Å². The minimum atomic E-state index is -0.398. The molecule has 0 aliphatic carbocycles. The van der Waals surface area contributed by atoms with E-state index in [0.717, 1.165) is 11.3 Å². The Morgan fingerprint density at radius 2 is 2.05 bits per heavy atom. The molecule has 5 nitrogen and oxygen atoms in total. The van der Waals surface area contributed by atoms with Crippen LogP contribution in [0.2, 0.25) is 0 Å². The Morgan fingerprint density at radius 1 is 1.35 bits per heavy atom. The van der Waals surface area contributed by atoms with Crippen molar-refractivity contribution in [3.63, 3.8) is 0 Å². The highest BCUT2D eigenvalue weighted by Crippen LogP contribution is 2.32. The second-order valence-corrected chi connectivity index (χ2v) is 5.20. The average molecular weight is 275 g/mol. The summed E-state index contributed by atoms with van der Waals surface area (Å²) in [5.41, 5.74) is 1.98. The van der Waals surface area contributed by atoms with Gasteiger partial charge < -0.3 is 10.1 Å². The third-order valence-corrected chi connectivity index (χ3v) is 3.31. The molecule has 0 saturated carbocycles. The van der Waals surface area contributed by atoms with Gasteiger partial charge in [-0.15, -0.1) is 0 Å². The zero-order valence-electron chi connectivity index (χ0n) is 11.7. The normalized spacial score (nSPS) is 16.8. The van der Waals surface area contributed by atoms with Gasteiger partial charge in [0, 0.05) is 11.3 Å². The van der Waals surface area contributed by atoms with E-state index in [9.17, 15) is 14.4 Å². The van der Waals surface area contributed by atoms with Gasteiger partial charge >= 0.3 is 5.97 Å². The van der Waals surface area contributed by atoms with Gasteiger partial charge in [-0.05, 0) is 30.7 Å². The molecule has 106 valence electrons. The third kappa shape index (κ3) is 2.71. The summed E-state index contributed by atoms with van der Waals surface area (Å²) in [5, 5.41) is 2.74. The molecule has 1 amide bonds. The molecule has 1 aliphatic rings. The van der Waals surface area contributed by atoms with Crippen molar-refractivity contribution in [2.75, 3.05) is 11.9 Å². The number of anilines is 1. The number of Topliss-reactive ketones (excluding diaryl/α,β-unsaturated/α-hetero) is 1. The summed E-state index contributed by atoms with van der Waals surface area (Å²) < 4.78 is 4.92. The lowest BCUT2D eigenvalue weighted by Crippen LogP contribution is -2.17. The number of esters is 1. The fourth-order valence-electron chi connectivity index (χ4n) is 1.98. The first-order valence-corrected chi connectivity index (χ1v) is 6.54. The molecule has 20 heavy (non-hydrogen) atoms. The fraction of sp³-hybridized carbons (Fsp3) is 0.400. The fourth-order valence-corrected chi connectivity index (χ4v) is 1.98. The Kier molecular flexibility index (Phi) is 3.88. The van der Waals surface area contributed by atoms with Crippen molar-refractivity contribution in [2.45, 2.75) is 26.7 Å². The van der Waals surface area contributed by atoms with Crippen molar-refractivity contribution in [2.24, 2.45) is 5.92 Å². The minimum absolute atomic E-state index is 0.0733. The first kappa shape index (κ1) is 14.2. The summed E-state index contributed by atoms with van der Waals surface area (Å²) in [4.78, 5) is 34.8. The van der Waals surface area contributed by atoms with Gasteiger partial charge in [-0.2, -0.15) is 0 Å². The SMILES string of the molecule is CC(C)C(=O)OCC(=O)c1ccc2c(c1)[C@@H](C)C(=O)N2. The molecule has 0 unspecified atom stereocenters. The Morgan fingerprint density at radius 3 is 2.70 bits per heavy atom. The maximum absolute atomic E-state index is 12.0. The van der Waals surface area contributed by atoms with Gasteiger partial charge in [0.15, 0.2) is 12.4 Å². The van der Waals surface area contributed by atoms with Crippen LogP contribution in [0, 0.1) is 5.92 Å². The Labute approximate surface area is 117 Å². The lowest BCUT2D eigenvalue weighted by atomic mass is 9.99. The van der Waals surface area contributed by atoms with Crippen LogP contribution in [0.4, 0.5) is 5.69 Å². The number of hydrogen-bond acceptors (Lipinski definition) is 4. The highest BCUT2D eigenvalue weighted by atomic mass is 16.5. The van der Waals surface area contributed by atoms with Crippen LogP contribution in [0.15, 0.2) is 18.2 Å². The number of ether oxygens (including phenoxy) is 1. The lowest BCUT2D eigenvalue weighted by Gasteiger charge is -2.08. The summed E-state index contributed by atoms with van der Waals surface area (Å²) in [5.74, 6) is -1.27. The second kappa shape index (κ2) is 5.45. The van der Waals surface area contributed by atoms with Crippen LogP contribution >= 0.6 is 0 Å². The molecular weight excluding hydrogens is 258 g/mol. The van der Waals surface area contributed by atoms with Gasteiger partial charge in [-0.25, -0.2) is 0 Å². The summed E-state index contributed by atoms with van der Waals surface area (Å²) in [6, 6.07) is 5.01. The Hall–Kier alpha value is -2.17. The highest BCUT2D eigenvalue weighted by molar-refractivity contribution is 6.05. The molecule has 0 bridgehead atoms. The quantitative estimate of drug-likeness (QED) is 0.675. The van der Waals surface area contributed by atoms with Crippen molar-refractivity contribution in [3.8, 4) is 0 Å². The van der Waals surface area contributed by atoms with Crippen LogP contribution < -0.4 is 5.32 Å². The Balaban J connectivity index is 2.09. The van der Waals surface area contributed by atoms with Gasteiger partial charge in [-0.3, -0.25) is 14.4 Å². The lowest BCUT2D eigenvalue weighted by molar-refractivity contribution is -0.146. The van der Waals surface area contributed by atoms with Gasteiger partial charge in [0.2, 0.25) is 5.91 Å². The molecule has 0 fully saturated rings. The molecule has 1 N–H and O–H groups in total. The predicted octanol–water partition coefficient (Wildman–Crippen LogP) is 2.12. The van der Waals surface area contributed by atoms with Gasteiger partial charge in [-0.1, -0.05) is 13.8 Å². The Bertz CT molecular complexity index is 577. The molecule has 1 aromatic carbocycles. The van der Waals surface area contributed by atoms with E-state index in [4.69, 9.17) is 4.74 Å². The molecule has 1 aliphatic heterocycles. The van der Waals surface area contributed by atoms with Gasteiger partial charge in [0.05, 0.1) is 11.8 Å². The molecule has 5 heteroatoms. The van der Waals surface area contributed by atoms with E-state index in [1.165, 1.54) is 0 Å². The smallest absolute Gasteiger partial charge is 0.308 e. The topological polar surface area (TPSA) is 72.5 Å². The number of carbonyl (C=O) groups is 3. The number of rotatable bonds is 4. The average Bonchev–Trinajstić information content (AvgIpc) is 2.70. The van der Waals surface area contributed by atoms with Crippen LogP contribution in [0.1, 0.15) is 42.6 Å². The van der Waals surface area contributed by atoms with Gasteiger partial charge in [0.25, 0.3) is 0 Å². The van der Waals surface area contributed by atoms with Crippen LogP contribution in [-0.4, -0.2) is 24.3 Å². The van der Waals surface area contributed by atoms with Crippen LogP contribution in [0.5, 0.6) is 0 Å². The maximum Gasteiger partial charge on any atom is 0.308 e. The highest BCUT2D eigenvalue weighted by Gasteiger charge is 2.27. The van der Waals surface area contributed by atoms with Crippen molar-refractivity contribution < 1.29 is 19.1 Å². The van der Waals surface area contributed by atoms with Crippen molar-refractivity contribution >= 4 is 23.3 Å². The molecule has 0 saturated heterocycles. The first-order chi connectivity index (χ1) is 9.40. The predicted molar refractivity (Wildman–Crippen MR) is 73.6 cm³/mol. The summed E-state index contributed by atoms with van der Waals surface area (Å²) in [7, 11) is 0. The monoisotopic (exact) mass is 275 g/mol. The summed E-state index contributed by atoms with van der Waals surface area (Å²) >= 11 is 0. The molecule has 1 aromatic rings. The number of amides is 1. The molecule has 1 atom stereocenters. The maximum atomic E-state index is 12.0. The molecule has 2 rings (SSSR count). The minimum Gasteiger partial charge on any atom is -0.457 e. The van der Waals surface area contributed by atoms with Crippen molar-refractivity contribution in [1.82, 2.24) is 0 Å². The van der Waals surface area contributed by atoms with E-state index in [-0.39, 0.29) is 30.1 Å². The van der Waals surface area contributed by atoms with Gasteiger partial charge in [0.1, 0.15) is 0 Å². The van der Waals surface area contributed by atoms with Crippen molar-refractivity contribution in [3.05, 3.63) is 29.3 Å². The summed E-state index contributed by atoms with van der Waals surface area (Å²) in [6.07, 6.45) is 0. The first-order valence-electron chi connectivity index (χ1n) is 6.54. The van der Waals surface area contributed by atoms with Crippen molar-refractivity contribution in [1.29, 1.82) is 0 Å². The standard InChI is InChI=1S/C15H17NO4/c1-8(2)15(19)20-7-13(17)10-4-5-12-11(6-10)9(3)14(18)16-12/h4-6,8-9H,7H2,1-3H3,(H,16,18)/t9-/m1/s1. The number of carbonyl (C=O) groups excluding carboxylic acids is 3. The zero-order valence-corrected chi connectivity index (χ0v) is 11.7. The number of hydrogen-bond donors (Lipinski definition) is 1. The largest absolute Gasteiger partial charge is 0.457 e. The molecule has 0 aromatic heterocycles. The molecule has 1 heterocycles. The van der Waals surface area contributed by atoms with E-state index in [1.54, 1.807) is 39.0 Å².